The van der Waals surface area contributed by atoms with Crippen LogP contribution in [0, 0.1) is 13.8 Å². The van der Waals surface area contributed by atoms with Crippen LogP contribution < -0.4 is 5.43 Å². The number of nitrogens with one attached hydrogen (secondary N) is 1. The number of anilines is 1. The van der Waals surface area contributed by atoms with Crippen LogP contribution in [0.2, 0.25) is 0 Å². The van der Waals surface area contributed by atoms with Crippen molar-refractivity contribution in [1.29, 1.82) is 0 Å². The maximum atomic E-state index is 4.45. The summed E-state index contributed by atoms with van der Waals surface area (Å²) in [5.41, 5.74) is 5.23. The van der Waals surface area contributed by atoms with Crippen LogP contribution in [0.3, 0.4) is 0 Å². The molecule has 3 aromatic heterocycles. The second-order valence-corrected chi connectivity index (χ2v) is 8.26. The number of aromatic nitrogens is 2. The van der Waals surface area contributed by atoms with Gasteiger partial charge in [-0.25, -0.2) is 9.97 Å². The number of thiophene rings is 2. The summed E-state index contributed by atoms with van der Waals surface area (Å²) in [5.74, 6) is 0.761. The summed E-state index contributed by atoms with van der Waals surface area (Å²) in [7, 11) is 0. The van der Waals surface area contributed by atoms with Crippen molar-refractivity contribution in [2.75, 3.05) is 5.43 Å². The van der Waals surface area contributed by atoms with Gasteiger partial charge in [-0.15, -0.1) is 22.7 Å². The predicted octanol–water partition coefficient (Wildman–Crippen LogP) is 4.97. The van der Waals surface area contributed by atoms with Gasteiger partial charge in [0, 0.05) is 4.88 Å². The molecule has 7 heteroatoms. The summed E-state index contributed by atoms with van der Waals surface area (Å²) in [4.78, 5) is 12.0. The molecular weight excluding hydrogens is 368 g/mol. The first-order valence-corrected chi connectivity index (χ1v) is 8.75. The lowest BCUT2D eigenvalue weighted by Gasteiger charge is -2.03. The fourth-order valence-corrected chi connectivity index (χ4v) is 4.30. The Bertz CT molecular complexity index is 835. The zero-order valence-corrected chi connectivity index (χ0v) is 15.0. The first-order chi connectivity index (χ1) is 10.1. The topological polar surface area (TPSA) is 50.2 Å². The molecule has 0 aliphatic rings. The number of aryl methyl sites for hydroxylation is 2. The van der Waals surface area contributed by atoms with E-state index in [0.29, 0.717) is 0 Å². The minimum absolute atomic E-state index is 0.761. The Kier molecular flexibility index (Phi) is 4.05. The van der Waals surface area contributed by atoms with Gasteiger partial charge in [0.2, 0.25) is 0 Å². The first-order valence-electron chi connectivity index (χ1n) is 6.33. The Morgan fingerprint density at radius 3 is 2.76 bits per heavy atom. The Morgan fingerprint density at radius 2 is 2.05 bits per heavy atom. The third-order valence-electron chi connectivity index (χ3n) is 3.22. The fraction of sp³-hybridized carbons (Fsp3) is 0.214. The van der Waals surface area contributed by atoms with Gasteiger partial charge < -0.3 is 0 Å². The Labute approximate surface area is 139 Å². The highest BCUT2D eigenvalue weighted by atomic mass is 79.9. The summed E-state index contributed by atoms with van der Waals surface area (Å²) in [5, 5.41) is 5.51. The van der Waals surface area contributed by atoms with Crippen LogP contribution in [0.25, 0.3) is 10.2 Å². The molecule has 1 N–H and O–H groups in total. The Morgan fingerprint density at radius 1 is 1.24 bits per heavy atom. The van der Waals surface area contributed by atoms with Gasteiger partial charge >= 0.3 is 0 Å². The molecule has 0 atom stereocenters. The Balaban J connectivity index is 1.95. The van der Waals surface area contributed by atoms with Crippen LogP contribution in [0.5, 0.6) is 0 Å². The van der Waals surface area contributed by atoms with Crippen LogP contribution in [0.1, 0.15) is 22.2 Å². The van der Waals surface area contributed by atoms with Gasteiger partial charge in [0.05, 0.1) is 19.8 Å². The minimum Gasteiger partial charge on any atom is -0.260 e. The normalized spacial score (nSPS) is 12.1. The molecule has 21 heavy (non-hydrogen) atoms. The monoisotopic (exact) mass is 380 g/mol. The molecule has 0 radical (unpaired) electrons. The van der Waals surface area contributed by atoms with Crippen molar-refractivity contribution in [3.8, 4) is 0 Å². The van der Waals surface area contributed by atoms with Gasteiger partial charge in [0.25, 0.3) is 0 Å². The van der Waals surface area contributed by atoms with Crippen LogP contribution in [-0.4, -0.2) is 15.7 Å². The smallest absolute Gasteiger partial charge is 0.158 e. The highest BCUT2D eigenvalue weighted by molar-refractivity contribution is 9.11. The van der Waals surface area contributed by atoms with Gasteiger partial charge in [0.1, 0.15) is 11.2 Å². The first kappa shape index (κ1) is 14.6. The van der Waals surface area contributed by atoms with Crippen LogP contribution >= 0.6 is 38.6 Å². The van der Waals surface area contributed by atoms with Gasteiger partial charge in [-0.05, 0) is 54.4 Å². The molecule has 0 saturated heterocycles. The summed E-state index contributed by atoms with van der Waals surface area (Å²) in [6.07, 6.45) is 1.58. The molecule has 0 spiro atoms. The average molecular weight is 381 g/mol. The fourth-order valence-electron chi connectivity index (χ4n) is 1.97. The second kappa shape index (κ2) is 5.82. The van der Waals surface area contributed by atoms with Crippen molar-refractivity contribution < 1.29 is 0 Å². The van der Waals surface area contributed by atoms with Crippen molar-refractivity contribution in [3.63, 3.8) is 0 Å². The molecule has 4 nitrogen and oxygen atoms in total. The number of hydrazone groups is 1. The summed E-state index contributed by atoms with van der Waals surface area (Å²) >= 11 is 6.81. The number of rotatable bonds is 3. The van der Waals surface area contributed by atoms with E-state index >= 15 is 0 Å². The molecule has 0 aromatic carbocycles. The minimum atomic E-state index is 0.761. The van der Waals surface area contributed by atoms with E-state index in [1.165, 1.54) is 10.4 Å². The molecule has 0 aliphatic heterocycles. The van der Waals surface area contributed by atoms with Gasteiger partial charge in [-0.3, -0.25) is 5.43 Å². The van der Waals surface area contributed by atoms with E-state index in [0.717, 1.165) is 30.4 Å². The molecule has 0 aliphatic carbocycles. The predicted molar refractivity (Wildman–Crippen MR) is 94.7 cm³/mol. The van der Waals surface area contributed by atoms with E-state index in [-0.39, 0.29) is 0 Å². The van der Waals surface area contributed by atoms with Gasteiger partial charge in [0.15, 0.2) is 5.82 Å². The zero-order valence-electron chi connectivity index (χ0n) is 11.8. The van der Waals surface area contributed by atoms with Gasteiger partial charge in [-0.2, -0.15) is 5.10 Å². The lowest BCUT2D eigenvalue weighted by atomic mass is 10.2. The van der Waals surface area contributed by atoms with E-state index in [9.17, 15) is 0 Å². The molecule has 3 heterocycles. The number of nitrogens with zero attached hydrogens (tertiary/aromatic N) is 3. The van der Waals surface area contributed by atoms with Crippen LogP contribution in [0.4, 0.5) is 5.82 Å². The maximum Gasteiger partial charge on any atom is 0.158 e. The average Bonchev–Trinajstić information content (AvgIpc) is 3.01. The third kappa shape index (κ3) is 2.86. The largest absolute Gasteiger partial charge is 0.260 e. The van der Waals surface area contributed by atoms with Crippen LogP contribution in [-0.2, 0) is 0 Å². The zero-order chi connectivity index (χ0) is 15.0. The van der Waals surface area contributed by atoms with Crippen LogP contribution in [0.15, 0.2) is 27.3 Å². The lowest BCUT2D eigenvalue weighted by molar-refractivity contribution is 1.18. The standard InChI is InChI=1S/C14H13BrN4S2/c1-7-9(3)20-14-12(7)13(16-6-17-14)19-18-8(2)10-4-5-11(15)21-10/h4-6H,1-3H3,(H,16,17,19)/b18-8-. The van der Waals surface area contributed by atoms with Crippen molar-refractivity contribution >= 4 is 60.3 Å². The highest BCUT2D eigenvalue weighted by Crippen LogP contribution is 2.32. The molecule has 108 valence electrons. The maximum absolute atomic E-state index is 4.45. The molecule has 0 saturated carbocycles. The molecule has 0 fully saturated rings. The van der Waals surface area contributed by atoms with E-state index in [2.05, 4.69) is 50.3 Å². The van der Waals surface area contributed by atoms with E-state index in [1.807, 2.05) is 19.1 Å². The Hall–Kier alpha value is -1.31. The highest BCUT2D eigenvalue weighted by Gasteiger charge is 2.11. The molecule has 0 bridgehead atoms. The lowest BCUT2D eigenvalue weighted by Crippen LogP contribution is -2.00. The molecule has 0 amide bonds. The van der Waals surface area contributed by atoms with Crippen molar-refractivity contribution in [3.05, 3.63) is 37.6 Å². The van der Waals surface area contributed by atoms with Crippen molar-refractivity contribution in [1.82, 2.24) is 9.97 Å². The van der Waals surface area contributed by atoms with E-state index in [1.54, 1.807) is 29.0 Å². The van der Waals surface area contributed by atoms with E-state index < -0.39 is 0 Å². The molecule has 0 unspecified atom stereocenters. The van der Waals surface area contributed by atoms with Crippen molar-refractivity contribution in [2.24, 2.45) is 5.10 Å². The third-order valence-corrected chi connectivity index (χ3v) is 6.07. The van der Waals surface area contributed by atoms with E-state index in [4.69, 9.17) is 0 Å². The molecule has 3 rings (SSSR count). The van der Waals surface area contributed by atoms with Gasteiger partial charge in [-0.1, -0.05) is 0 Å². The second-order valence-electron chi connectivity index (χ2n) is 4.60. The molecule has 3 aromatic rings. The summed E-state index contributed by atoms with van der Waals surface area (Å²) < 4.78 is 1.10. The summed E-state index contributed by atoms with van der Waals surface area (Å²) in [6, 6.07) is 4.07. The number of hydrogen-bond donors (Lipinski definition) is 1. The number of hydrogen-bond acceptors (Lipinski definition) is 6. The quantitative estimate of drug-likeness (QED) is 0.515. The number of fused-ring (bicyclic) bond motifs is 1. The molecular formula is C14H13BrN4S2. The number of halogens is 1. The summed E-state index contributed by atoms with van der Waals surface area (Å²) in [6.45, 7) is 6.17. The van der Waals surface area contributed by atoms with Crippen molar-refractivity contribution in [2.45, 2.75) is 20.8 Å². The SMILES string of the molecule is C/C(=N/Nc1ncnc2sc(C)c(C)c12)c1ccc(Br)s1.